The molecule has 1 amide bonds. The minimum atomic E-state index is 0.0384. The number of aromatic nitrogens is 1. The fourth-order valence-electron chi connectivity index (χ4n) is 3.69. The Bertz CT molecular complexity index is 772. The number of ether oxygens (including phenoxy) is 1. The third kappa shape index (κ3) is 4.86. The molecule has 0 bridgehead atoms. The van der Waals surface area contributed by atoms with Gasteiger partial charge in [0.15, 0.2) is 0 Å². The van der Waals surface area contributed by atoms with E-state index in [1.807, 2.05) is 28.8 Å². The lowest BCUT2D eigenvalue weighted by Crippen LogP contribution is -2.49. The standard InChI is InChI=1S/C22H27N3O2S/c26-22(20-7-4-10-23-21(20)27-19-9-16-28-17-19)25-14-12-24(13-15-25)11-8-18-5-2-1-3-6-18/h1-7,10,19H,8-9,11-17H2. The van der Waals surface area contributed by atoms with Crippen molar-refractivity contribution in [3.63, 3.8) is 0 Å². The van der Waals surface area contributed by atoms with Gasteiger partial charge in [0.2, 0.25) is 5.88 Å². The van der Waals surface area contributed by atoms with Gasteiger partial charge >= 0.3 is 0 Å². The zero-order chi connectivity index (χ0) is 19.2. The molecular weight excluding hydrogens is 370 g/mol. The van der Waals surface area contributed by atoms with Crippen LogP contribution in [0.4, 0.5) is 0 Å². The van der Waals surface area contributed by atoms with Crippen LogP contribution in [0.1, 0.15) is 22.3 Å². The Hall–Kier alpha value is -2.05. The summed E-state index contributed by atoms with van der Waals surface area (Å²) in [6.07, 6.45) is 3.95. The molecule has 3 heterocycles. The fourth-order valence-corrected chi connectivity index (χ4v) is 4.78. The van der Waals surface area contributed by atoms with Crippen molar-refractivity contribution < 1.29 is 9.53 Å². The first-order valence-corrected chi connectivity index (χ1v) is 11.2. The second-order valence-corrected chi connectivity index (χ2v) is 8.48. The van der Waals surface area contributed by atoms with E-state index in [1.165, 1.54) is 5.56 Å². The van der Waals surface area contributed by atoms with Crippen LogP contribution in [-0.4, -0.2) is 71.0 Å². The molecule has 148 valence electrons. The van der Waals surface area contributed by atoms with Gasteiger partial charge in [-0.2, -0.15) is 11.8 Å². The van der Waals surface area contributed by atoms with Crippen molar-refractivity contribution in [2.45, 2.75) is 18.9 Å². The molecule has 1 unspecified atom stereocenters. The molecule has 0 radical (unpaired) electrons. The highest BCUT2D eigenvalue weighted by Gasteiger charge is 2.26. The number of hydrogen-bond donors (Lipinski definition) is 0. The summed E-state index contributed by atoms with van der Waals surface area (Å²) in [7, 11) is 0. The van der Waals surface area contributed by atoms with E-state index in [4.69, 9.17) is 4.74 Å². The summed E-state index contributed by atoms with van der Waals surface area (Å²) in [5.74, 6) is 2.62. The topological polar surface area (TPSA) is 45.7 Å². The van der Waals surface area contributed by atoms with E-state index in [2.05, 4.69) is 40.2 Å². The lowest BCUT2D eigenvalue weighted by molar-refractivity contribution is 0.0631. The zero-order valence-electron chi connectivity index (χ0n) is 16.1. The number of hydrogen-bond acceptors (Lipinski definition) is 5. The number of amides is 1. The van der Waals surface area contributed by atoms with E-state index < -0.39 is 0 Å². The molecule has 5 nitrogen and oxygen atoms in total. The fraction of sp³-hybridized carbons (Fsp3) is 0.455. The molecule has 4 rings (SSSR count). The largest absolute Gasteiger partial charge is 0.473 e. The predicted molar refractivity (Wildman–Crippen MR) is 113 cm³/mol. The van der Waals surface area contributed by atoms with E-state index in [-0.39, 0.29) is 12.0 Å². The average Bonchev–Trinajstić information content (AvgIpc) is 3.26. The maximum atomic E-state index is 13.1. The molecule has 0 aliphatic carbocycles. The second-order valence-electron chi connectivity index (χ2n) is 7.33. The van der Waals surface area contributed by atoms with Gasteiger partial charge in [-0.1, -0.05) is 30.3 Å². The van der Waals surface area contributed by atoms with Gasteiger partial charge in [-0.25, -0.2) is 4.98 Å². The summed E-state index contributed by atoms with van der Waals surface area (Å²) < 4.78 is 6.04. The summed E-state index contributed by atoms with van der Waals surface area (Å²) in [6, 6.07) is 14.2. The van der Waals surface area contributed by atoms with Crippen molar-refractivity contribution in [1.82, 2.24) is 14.8 Å². The quantitative estimate of drug-likeness (QED) is 0.750. The molecule has 2 aromatic rings. The van der Waals surface area contributed by atoms with Crippen LogP contribution in [0.15, 0.2) is 48.7 Å². The molecule has 2 aliphatic heterocycles. The van der Waals surface area contributed by atoms with Gasteiger partial charge < -0.3 is 9.64 Å². The van der Waals surface area contributed by atoms with E-state index in [1.54, 1.807) is 6.20 Å². The maximum Gasteiger partial charge on any atom is 0.259 e. The van der Waals surface area contributed by atoms with Crippen LogP contribution in [0.25, 0.3) is 0 Å². The summed E-state index contributed by atoms with van der Waals surface area (Å²) in [5.41, 5.74) is 1.96. The van der Waals surface area contributed by atoms with Crippen LogP contribution < -0.4 is 4.74 Å². The average molecular weight is 398 g/mol. The first-order valence-electron chi connectivity index (χ1n) is 10.0. The van der Waals surface area contributed by atoms with Gasteiger partial charge in [0.25, 0.3) is 5.91 Å². The molecule has 1 aromatic heterocycles. The lowest BCUT2D eigenvalue weighted by atomic mass is 10.1. The monoisotopic (exact) mass is 397 g/mol. The van der Waals surface area contributed by atoms with Crippen molar-refractivity contribution in [3.8, 4) is 5.88 Å². The van der Waals surface area contributed by atoms with Gasteiger partial charge in [-0.05, 0) is 36.3 Å². The number of carbonyl (C=O) groups is 1. The minimum Gasteiger partial charge on any atom is -0.473 e. The van der Waals surface area contributed by atoms with Crippen LogP contribution in [-0.2, 0) is 6.42 Å². The van der Waals surface area contributed by atoms with E-state index in [9.17, 15) is 4.79 Å². The van der Waals surface area contributed by atoms with Crippen molar-refractivity contribution in [3.05, 3.63) is 59.8 Å². The molecule has 1 aromatic carbocycles. The number of carbonyl (C=O) groups excluding carboxylic acids is 1. The molecule has 2 aliphatic rings. The van der Waals surface area contributed by atoms with Crippen molar-refractivity contribution in [2.24, 2.45) is 0 Å². The number of rotatable bonds is 6. The van der Waals surface area contributed by atoms with Crippen molar-refractivity contribution in [1.29, 1.82) is 0 Å². The molecule has 0 saturated carbocycles. The lowest BCUT2D eigenvalue weighted by Gasteiger charge is -2.35. The highest BCUT2D eigenvalue weighted by molar-refractivity contribution is 7.99. The summed E-state index contributed by atoms with van der Waals surface area (Å²) in [6.45, 7) is 4.36. The minimum absolute atomic E-state index is 0.0384. The Morgan fingerprint density at radius 3 is 2.68 bits per heavy atom. The Morgan fingerprint density at radius 1 is 1.11 bits per heavy atom. The van der Waals surface area contributed by atoms with Crippen LogP contribution in [0.3, 0.4) is 0 Å². The summed E-state index contributed by atoms with van der Waals surface area (Å²) in [4.78, 5) is 21.8. The van der Waals surface area contributed by atoms with Crippen molar-refractivity contribution in [2.75, 3.05) is 44.2 Å². The third-order valence-electron chi connectivity index (χ3n) is 5.39. The van der Waals surface area contributed by atoms with Gasteiger partial charge in [-0.15, -0.1) is 0 Å². The second kappa shape index (κ2) is 9.43. The van der Waals surface area contributed by atoms with Crippen molar-refractivity contribution >= 4 is 17.7 Å². The SMILES string of the molecule is O=C(c1cccnc1OC1CCSC1)N1CCN(CCc2ccccc2)CC1. The molecule has 28 heavy (non-hydrogen) atoms. The van der Waals surface area contributed by atoms with Gasteiger partial charge in [0.05, 0.1) is 0 Å². The smallest absolute Gasteiger partial charge is 0.259 e. The molecule has 2 fully saturated rings. The van der Waals surface area contributed by atoms with Gasteiger partial charge in [0, 0.05) is 44.7 Å². The Balaban J connectivity index is 1.31. The van der Waals surface area contributed by atoms with Gasteiger partial charge in [-0.3, -0.25) is 9.69 Å². The number of pyridine rings is 1. The zero-order valence-corrected chi connectivity index (χ0v) is 16.9. The summed E-state index contributed by atoms with van der Waals surface area (Å²) in [5, 5.41) is 0. The first kappa shape index (κ1) is 19.3. The molecule has 0 spiro atoms. The van der Waals surface area contributed by atoms with Crippen LogP contribution in [0.2, 0.25) is 0 Å². The number of nitrogens with zero attached hydrogens (tertiary/aromatic N) is 3. The molecule has 0 N–H and O–H groups in total. The van der Waals surface area contributed by atoms with Crippen LogP contribution in [0.5, 0.6) is 5.88 Å². The number of thioether (sulfide) groups is 1. The number of piperazine rings is 1. The Labute approximate surface area is 171 Å². The highest BCUT2D eigenvalue weighted by Crippen LogP contribution is 2.25. The Kier molecular flexibility index (Phi) is 6.49. The summed E-state index contributed by atoms with van der Waals surface area (Å²) >= 11 is 1.89. The highest BCUT2D eigenvalue weighted by atomic mass is 32.2. The molecular formula is C22H27N3O2S. The number of benzene rings is 1. The van der Waals surface area contributed by atoms with Crippen LogP contribution in [0, 0.1) is 0 Å². The molecule has 2 saturated heterocycles. The third-order valence-corrected chi connectivity index (χ3v) is 6.52. The predicted octanol–water partition coefficient (Wildman–Crippen LogP) is 2.97. The Morgan fingerprint density at radius 2 is 1.93 bits per heavy atom. The first-order chi connectivity index (χ1) is 13.8. The van der Waals surface area contributed by atoms with E-state index >= 15 is 0 Å². The van der Waals surface area contributed by atoms with E-state index in [0.717, 1.165) is 57.1 Å². The van der Waals surface area contributed by atoms with E-state index in [0.29, 0.717) is 11.4 Å². The molecule has 6 heteroatoms. The maximum absolute atomic E-state index is 13.1. The van der Waals surface area contributed by atoms with Gasteiger partial charge in [0.1, 0.15) is 11.7 Å². The molecule has 1 atom stereocenters. The van der Waals surface area contributed by atoms with Crippen LogP contribution >= 0.6 is 11.8 Å². The normalized spacial score (nSPS) is 20.3.